The van der Waals surface area contributed by atoms with Crippen LogP contribution in [0.15, 0.2) is 22.7 Å². The number of carbonyl (C=O) groups excluding carboxylic acids is 4. The van der Waals surface area contributed by atoms with Crippen molar-refractivity contribution in [1.29, 1.82) is 0 Å². The van der Waals surface area contributed by atoms with Gasteiger partial charge in [0.15, 0.2) is 17.1 Å². The third kappa shape index (κ3) is 5.03. The molecular formula is C29H38ClN5O8. The molecule has 1 aromatic carbocycles. The molecule has 0 aliphatic heterocycles. The molecule has 0 aromatic heterocycles. The van der Waals surface area contributed by atoms with Crippen molar-refractivity contribution in [2.75, 3.05) is 51.5 Å². The van der Waals surface area contributed by atoms with Gasteiger partial charge in [-0.25, -0.2) is 0 Å². The number of phenols is 1. The van der Waals surface area contributed by atoms with E-state index >= 15 is 0 Å². The number of rotatable bonds is 9. The van der Waals surface area contributed by atoms with Gasteiger partial charge in [-0.2, -0.15) is 0 Å². The predicted molar refractivity (Wildman–Crippen MR) is 159 cm³/mol. The summed E-state index contributed by atoms with van der Waals surface area (Å²) in [4.78, 5) is 55.6. The number of nitrogens with two attached hydrogens (primary N) is 1. The lowest BCUT2D eigenvalue weighted by Gasteiger charge is -2.50. The molecule has 1 aromatic rings. The molecular weight excluding hydrogens is 582 g/mol. The summed E-state index contributed by atoms with van der Waals surface area (Å²) in [7, 11) is 6.48. The Bertz CT molecular complexity index is 1470. The number of fused-ring (bicyclic) bond motifs is 3. The van der Waals surface area contributed by atoms with Gasteiger partial charge in [0.25, 0.3) is 5.91 Å². The minimum atomic E-state index is -2.75. The quantitative estimate of drug-likeness (QED) is 0.119. The van der Waals surface area contributed by atoms with Crippen LogP contribution in [0.4, 0.5) is 11.4 Å². The van der Waals surface area contributed by atoms with Gasteiger partial charge >= 0.3 is 0 Å². The Hall–Kier alpha value is -3.65. The van der Waals surface area contributed by atoms with Crippen LogP contribution >= 0.6 is 11.6 Å². The molecule has 8 N–H and O–H groups in total. The van der Waals surface area contributed by atoms with Crippen LogP contribution < -0.4 is 21.3 Å². The van der Waals surface area contributed by atoms with Crippen LogP contribution in [0, 0.1) is 11.8 Å². The minimum Gasteiger partial charge on any atom is -0.510 e. The second-order valence-corrected chi connectivity index (χ2v) is 12.1. The van der Waals surface area contributed by atoms with E-state index in [1.165, 1.54) is 4.90 Å². The van der Waals surface area contributed by atoms with E-state index in [1.807, 2.05) is 6.92 Å². The molecule has 0 heterocycles. The van der Waals surface area contributed by atoms with Gasteiger partial charge in [0, 0.05) is 25.6 Å². The highest BCUT2D eigenvalue weighted by Gasteiger charge is 2.63. The van der Waals surface area contributed by atoms with Crippen LogP contribution in [0.1, 0.15) is 42.1 Å². The van der Waals surface area contributed by atoms with Gasteiger partial charge in [0.1, 0.15) is 22.8 Å². The molecule has 234 valence electrons. The average Bonchev–Trinajstić information content (AvgIpc) is 2.90. The van der Waals surface area contributed by atoms with Crippen LogP contribution in [0.5, 0.6) is 5.75 Å². The first-order valence-corrected chi connectivity index (χ1v) is 14.4. The zero-order valence-electron chi connectivity index (χ0n) is 24.7. The summed E-state index contributed by atoms with van der Waals surface area (Å²) in [6.45, 7) is 2.54. The SMILES string of the molecule is CCCCNCC(=O)Nc1c(O)c2c(c(N(C)C)c1Cl)CC1CC3[C@H](N(C)C)C(O)=C(C(N)=O)C(=O)C3(O)C(O)=C1C2=O. The molecule has 0 fully saturated rings. The number of allylic oxidation sites excluding steroid dienone is 1. The number of aliphatic hydroxyl groups excluding tert-OH is 2. The Morgan fingerprint density at radius 1 is 1.14 bits per heavy atom. The van der Waals surface area contributed by atoms with E-state index in [2.05, 4.69) is 10.6 Å². The Labute approximate surface area is 254 Å². The van der Waals surface area contributed by atoms with Crippen LogP contribution in [0.3, 0.4) is 0 Å². The zero-order valence-corrected chi connectivity index (χ0v) is 25.5. The maximum absolute atomic E-state index is 14.1. The Morgan fingerprint density at radius 3 is 2.35 bits per heavy atom. The number of nitrogens with zero attached hydrogens (tertiary/aromatic N) is 2. The fourth-order valence-electron chi connectivity index (χ4n) is 6.60. The lowest BCUT2D eigenvalue weighted by molar-refractivity contribution is -0.148. The number of benzene rings is 1. The van der Waals surface area contributed by atoms with Gasteiger partial charge in [0.05, 0.1) is 28.9 Å². The Balaban J connectivity index is 1.88. The van der Waals surface area contributed by atoms with Crippen molar-refractivity contribution in [2.24, 2.45) is 17.6 Å². The van der Waals surface area contributed by atoms with Crippen LogP contribution in [-0.2, 0) is 20.8 Å². The number of unbranched alkanes of at least 4 members (excludes halogenated alkanes) is 1. The highest BCUT2D eigenvalue weighted by Crippen LogP contribution is 2.55. The van der Waals surface area contributed by atoms with Crippen molar-refractivity contribution >= 4 is 46.4 Å². The molecule has 4 atom stereocenters. The molecule has 0 spiro atoms. The third-order valence-corrected chi connectivity index (χ3v) is 8.88. The predicted octanol–water partition coefficient (Wildman–Crippen LogP) is 1.17. The summed E-state index contributed by atoms with van der Waals surface area (Å²) in [5.74, 6) is -8.15. The van der Waals surface area contributed by atoms with Crippen molar-refractivity contribution in [3.63, 3.8) is 0 Å². The molecule has 43 heavy (non-hydrogen) atoms. The van der Waals surface area contributed by atoms with E-state index in [4.69, 9.17) is 17.3 Å². The van der Waals surface area contributed by atoms with E-state index in [9.17, 15) is 39.6 Å². The van der Waals surface area contributed by atoms with Crippen molar-refractivity contribution < 1.29 is 39.6 Å². The van der Waals surface area contributed by atoms with Gasteiger partial charge in [-0.1, -0.05) is 24.9 Å². The van der Waals surface area contributed by atoms with Crippen molar-refractivity contribution in [2.45, 2.75) is 44.2 Å². The number of Topliss-reactive ketones (excluding diaryl/α,β-unsaturated/α-hetero) is 2. The number of primary amides is 1. The first kappa shape index (κ1) is 32.3. The highest BCUT2D eigenvalue weighted by molar-refractivity contribution is 6.38. The molecule has 4 rings (SSSR count). The van der Waals surface area contributed by atoms with Crippen molar-refractivity contribution in [1.82, 2.24) is 10.2 Å². The number of carbonyl (C=O) groups is 4. The average molecular weight is 620 g/mol. The molecule has 3 aliphatic carbocycles. The number of anilines is 2. The second kappa shape index (κ2) is 11.8. The number of halogens is 1. The Kier molecular flexibility index (Phi) is 8.85. The van der Waals surface area contributed by atoms with Crippen LogP contribution in [0.2, 0.25) is 5.02 Å². The van der Waals surface area contributed by atoms with E-state index in [0.717, 1.165) is 12.8 Å². The van der Waals surface area contributed by atoms with Gasteiger partial charge in [-0.3, -0.25) is 24.1 Å². The molecule has 14 heteroatoms. The highest BCUT2D eigenvalue weighted by atomic mass is 35.5. The first-order valence-electron chi connectivity index (χ1n) is 14.0. The van der Waals surface area contributed by atoms with Gasteiger partial charge in [-0.15, -0.1) is 0 Å². The maximum Gasteiger partial charge on any atom is 0.255 e. The number of aromatic hydroxyl groups is 1. The number of nitrogens with one attached hydrogen (secondary N) is 2. The summed E-state index contributed by atoms with van der Waals surface area (Å²) in [6, 6.07) is -1.10. The Morgan fingerprint density at radius 2 is 1.79 bits per heavy atom. The molecule has 0 radical (unpaired) electrons. The fourth-order valence-corrected chi connectivity index (χ4v) is 7.02. The van der Waals surface area contributed by atoms with E-state index in [-0.39, 0.29) is 41.2 Å². The number of ketones is 2. The van der Waals surface area contributed by atoms with Crippen LogP contribution in [0.25, 0.3) is 0 Å². The molecule has 0 saturated heterocycles. The van der Waals surface area contributed by atoms with E-state index in [0.29, 0.717) is 17.8 Å². The summed E-state index contributed by atoms with van der Waals surface area (Å²) < 4.78 is 0. The molecule has 0 saturated carbocycles. The second-order valence-electron chi connectivity index (χ2n) is 11.7. The summed E-state index contributed by atoms with van der Waals surface area (Å²) in [5.41, 5.74) is 1.71. The molecule has 2 amide bonds. The van der Waals surface area contributed by atoms with Crippen LogP contribution in [-0.4, -0.2) is 102 Å². The van der Waals surface area contributed by atoms with Gasteiger partial charge < -0.3 is 41.7 Å². The smallest absolute Gasteiger partial charge is 0.255 e. The molecule has 3 unspecified atom stereocenters. The topological polar surface area (TPSA) is 206 Å². The van der Waals surface area contributed by atoms with Gasteiger partial charge in [0.2, 0.25) is 11.7 Å². The molecule has 3 aliphatic rings. The number of amides is 2. The summed E-state index contributed by atoms with van der Waals surface area (Å²) in [6.07, 6.45) is 1.79. The molecule has 0 bridgehead atoms. The molecule has 13 nitrogen and oxygen atoms in total. The minimum absolute atomic E-state index is 0.00520. The normalized spacial score (nSPS) is 25.0. The number of hydrogen-bond donors (Lipinski definition) is 7. The summed E-state index contributed by atoms with van der Waals surface area (Å²) >= 11 is 6.72. The number of likely N-dealkylation sites (N-methyl/N-ethyl adjacent to an activating group) is 1. The standard InChI is InChI=1S/C29H38ClN5O8/c1-6-7-8-32-11-15(36)33-20-19(30)21(34(2)3)13-9-12-10-14-22(35(4)5)25(39)18(28(31)42)27(41)29(14,43)26(40)16(12)23(37)17(13)24(20)38/h12,14,22,32,38-40,43H,6-11H2,1-5H3,(H2,31,42)(H,33,36)/t12?,14?,22-,29?/m0/s1. The largest absolute Gasteiger partial charge is 0.510 e. The zero-order chi connectivity index (χ0) is 32.1. The van der Waals surface area contributed by atoms with Crippen molar-refractivity contribution in [3.05, 3.63) is 38.8 Å². The summed E-state index contributed by atoms with van der Waals surface area (Å²) in [5, 5.41) is 51.1. The van der Waals surface area contributed by atoms with Crippen molar-refractivity contribution in [3.8, 4) is 5.75 Å². The van der Waals surface area contributed by atoms with E-state index < -0.39 is 69.7 Å². The third-order valence-electron chi connectivity index (χ3n) is 8.51. The fraction of sp³-hybridized carbons (Fsp3) is 0.517. The monoisotopic (exact) mass is 619 g/mol. The van der Waals surface area contributed by atoms with Gasteiger partial charge in [-0.05, 0) is 51.4 Å². The van der Waals surface area contributed by atoms with E-state index in [1.54, 1.807) is 33.1 Å². The lowest BCUT2D eigenvalue weighted by Crippen LogP contribution is -2.63. The number of hydrogen-bond acceptors (Lipinski definition) is 11. The lowest BCUT2D eigenvalue weighted by atomic mass is 9.58. The number of phenolic OH excluding ortho intramolecular Hbond substituents is 1. The maximum atomic E-state index is 14.1. The first-order chi connectivity index (χ1) is 20.1. The number of aliphatic hydroxyl groups is 3.